The molecular weight excluding hydrogens is 290 g/mol. The minimum absolute atomic E-state index is 0.0969. The van der Waals surface area contributed by atoms with Gasteiger partial charge in [0.25, 0.3) is 0 Å². The molecule has 116 valence electrons. The first-order chi connectivity index (χ1) is 10.1. The van der Waals surface area contributed by atoms with Gasteiger partial charge in [0.05, 0.1) is 18.4 Å². The molecule has 0 atom stereocenters. The molecule has 0 bridgehead atoms. The van der Waals surface area contributed by atoms with Gasteiger partial charge in [0.15, 0.2) is 0 Å². The van der Waals surface area contributed by atoms with E-state index in [0.717, 1.165) is 24.3 Å². The molecule has 0 fully saturated rings. The Morgan fingerprint density at radius 2 is 2.10 bits per heavy atom. The van der Waals surface area contributed by atoms with E-state index in [1.807, 2.05) is 0 Å². The number of aromatic carboxylic acids is 1. The van der Waals surface area contributed by atoms with Crippen molar-refractivity contribution in [1.82, 2.24) is 0 Å². The first-order valence-electron chi connectivity index (χ1n) is 6.87. The lowest BCUT2D eigenvalue weighted by Gasteiger charge is -2.10. The van der Waals surface area contributed by atoms with E-state index in [-0.39, 0.29) is 11.5 Å². The van der Waals surface area contributed by atoms with Crippen LogP contribution in [0.2, 0.25) is 0 Å². The highest BCUT2D eigenvalue weighted by atomic mass is 32.2. The van der Waals surface area contributed by atoms with Crippen molar-refractivity contribution < 1.29 is 19.4 Å². The fourth-order valence-electron chi connectivity index (χ4n) is 1.65. The summed E-state index contributed by atoms with van der Waals surface area (Å²) in [4.78, 5) is 22.7. The van der Waals surface area contributed by atoms with Crippen molar-refractivity contribution in [2.75, 3.05) is 23.9 Å². The number of anilines is 1. The molecule has 0 saturated carbocycles. The Morgan fingerprint density at radius 1 is 1.33 bits per heavy atom. The van der Waals surface area contributed by atoms with E-state index in [1.54, 1.807) is 17.8 Å². The quantitative estimate of drug-likeness (QED) is 0.685. The van der Waals surface area contributed by atoms with Gasteiger partial charge in [-0.3, -0.25) is 4.79 Å². The minimum Gasteiger partial charge on any atom is -0.495 e. The van der Waals surface area contributed by atoms with Gasteiger partial charge < -0.3 is 15.2 Å². The van der Waals surface area contributed by atoms with Crippen LogP contribution in [0.3, 0.4) is 0 Å². The predicted molar refractivity (Wildman–Crippen MR) is 85.4 cm³/mol. The largest absolute Gasteiger partial charge is 0.495 e. The topological polar surface area (TPSA) is 75.6 Å². The number of carboxylic acid groups (broad SMARTS) is 1. The predicted octanol–water partition coefficient (Wildman–Crippen LogP) is 3.26. The van der Waals surface area contributed by atoms with Crippen LogP contribution in [0.25, 0.3) is 0 Å². The molecule has 0 radical (unpaired) electrons. The zero-order valence-electron chi connectivity index (χ0n) is 12.3. The molecular formula is C15H21NO4S. The number of thioether (sulfide) groups is 1. The molecule has 0 unspecified atom stereocenters. The second-order valence-corrected chi connectivity index (χ2v) is 5.71. The van der Waals surface area contributed by atoms with Crippen molar-refractivity contribution in [2.24, 2.45) is 0 Å². The van der Waals surface area contributed by atoms with Gasteiger partial charge in [-0.2, -0.15) is 11.8 Å². The molecule has 1 aromatic carbocycles. The molecule has 0 aliphatic carbocycles. The summed E-state index contributed by atoms with van der Waals surface area (Å²) in [6.07, 6.45) is 2.75. The summed E-state index contributed by atoms with van der Waals surface area (Å²) in [5.74, 6) is 1.07. The number of carboxylic acids is 1. The third-order valence-corrected chi connectivity index (χ3v) is 3.91. The molecule has 1 aromatic rings. The zero-order chi connectivity index (χ0) is 15.7. The Morgan fingerprint density at radius 3 is 2.71 bits per heavy atom. The van der Waals surface area contributed by atoms with Crippen LogP contribution in [0.15, 0.2) is 18.2 Å². The highest BCUT2D eigenvalue weighted by Crippen LogP contribution is 2.25. The van der Waals surface area contributed by atoms with Gasteiger partial charge in [-0.1, -0.05) is 13.3 Å². The number of ether oxygens (including phenoxy) is 1. The van der Waals surface area contributed by atoms with Crippen molar-refractivity contribution >= 4 is 29.3 Å². The third-order valence-electron chi connectivity index (χ3n) is 2.84. The van der Waals surface area contributed by atoms with E-state index in [4.69, 9.17) is 9.84 Å². The summed E-state index contributed by atoms with van der Waals surface area (Å²) < 4.78 is 5.11. The van der Waals surface area contributed by atoms with Crippen molar-refractivity contribution in [3.63, 3.8) is 0 Å². The van der Waals surface area contributed by atoms with E-state index < -0.39 is 5.97 Å². The van der Waals surface area contributed by atoms with Gasteiger partial charge in [-0.05, 0) is 30.4 Å². The first kappa shape index (κ1) is 17.4. The molecule has 0 aromatic heterocycles. The fraction of sp³-hybridized carbons (Fsp3) is 0.467. The lowest BCUT2D eigenvalue weighted by Crippen LogP contribution is -2.13. The van der Waals surface area contributed by atoms with Crippen LogP contribution in [0, 0.1) is 0 Å². The lowest BCUT2D eigenvalue weighted by atomic mass is 10.2. The number of unbranched alkanes of at least 4 members (excludes halogenated alkanes) is 1. The van der Waals surface area contributed by atoms with Gasteiger partial charge in [-0.25, -0.2) is 4.79 Å². The summed E-state index contributed by atoms with van der Waals surface area (Å²) in [7, 11) is 1.44. The SMILES string of the molecule is CCCCSCCC(=O)Nc1ccc(C(=O)O)cc1OC. The fourth-order valence-corrected chi connectivity index (χ4v) is 2.68. The molecule has 0 aliphatic heterocycles. The van der Waals surface area contributed by atoms with E-state index >= 15 is 0 Å². The Bertz CT molecular complexity index is 491. The zero-order valence-corrected chi connectivity index (χ0v) is 13.2. The normalized spacial score (nSPS) is 10.2. The van der Waals surface area contributed by atoms with Gasteiger partial charge in [-0.15, -0.1) is 0 Å². The standard InChI is InChI=1S/C15H21NO4S/c1-3-4-8-21-9-7-14(17)16-12-6-5-11(15(18)19)10-13(12)20-2/h5-6,10H,3-4,7-9H2,1-2H3,(H,16,17)(H,18,19). The lowest BCUT2D eigenvalue weighted by molar-refractivity contribution is -0.115. The average molecular weight is 311 g/mol. The summed E-state index contributed by atoms with van der Waals surface area (Å²) in [6, 6.07) is 4.38. The average Bonchev–Trinajstić information content (AvgIpc) is 2.47. The Balaban J connectivity index is 2.53. The first-order valence-corrected chi connectivity index (χ1v) is 8.02. The highest BCUT2D eigenvalue weighted by molar-refractivity contribution is 7.99. The Kier molecular flexibility index (Phi) is 7.68. The number of methoxy groups -OCH3 is 1. The van der Waals surface area contributed by atoms with Crippen molar-refractivity contribution in [3.8, 4) is 5.75 Å². The van der Waals surface area contributed by atoms with E-state index in [1.165, 1.54) is 19.2 Å². The molecule has 2 N–H and O–H groups in total. The summed E-state index contributed by atoms with van der Waals surface area (Å²) in [5.41, 5.74) is 0.617. The molecule has 5 nitrogen and oxygen atoms in total. The number of carbonyl (C=O) groups is 2. The van der Waals surface area contributed by atoms with E-state index in [0.29, 0.717) is 17.9 Å². The molecule has 6 heteroatoms. The highest BCUT2D eigenvalue weighted by Gasteiger charge is 2.11. The number of nitrogens with one attached hydrogen (secondary N) is 1. The van der Waals surface area contributed by atoms with Crippen LogP contribution in [0.5, 0.6) is 5.75 Å². The number of carbonyl (C=O) groups excluding carboxylic acids is 1. The second-order valence-electron chi connectivity index (χ2n) is 4.48. The van der Waals surface area contributed by atoms with Gasteiger partial charge in [0.2, 0.25) is 5.91 Å². The van der Waals surface area contributed by atoms with E-state index in [9.17, 15) is 9.59 Å². The Labute approximate surface area is 129 Å². The summed E-state index contributed by atoms with van der Waals surface area (Å²) >= 11 is 1.76. The van der Waals surface area contributed by atoms with Crippen LogP contribution >= 0.6 is 11.8 Å². The number of rotatable bonds is 9. The maximum Gasteiger partial charge on any atom is 0.335 e. The van der Waals surface area contributed by atoms with Crippen molar-refractivity contribution in [3.05, 3.63) is 23.8 Å². The number of benzene rings is 1. The minimum atomic E-state index is -1.03. The number of amides is 1. The Hall–Kier alpha value is -1.69. The van der Waals surface area contributed by atoms with Gasteiger partial charge >= 0.3 is 5.97 Å². The molecule has 1 amide bonds. The number of hydrogen-bond acceptors (Lipinski definition) is 4. The molecule has 0 saturated heterocycles. The summed E-state index contributed by atoms with van der Waals surface area (Å²) in [6.45, 7) is 2.14. The van der Waals surface area contributed by atoms with Crippen LogP contribution in [-0.4, -0.2) is 35.6 Å². The van der Waals surface area contributed by atoms with Crippen LogP contribution < -0.4 is 10.1 Å². The maximum absolute atomic E-state index is 11.8. The molecule has 0 spiro atoms. The van der Waals surface area contributed by atoms with E-state index in [2.05, 4.69) is 12.2 Å². The summed E-state index contributed by atoms with van der Waals surface area (Å²) in [5, 5.41) is 11.7. The maximum atomic E-state index is 11.8. The smallest absolute Gasteiger partial charge is 0.335 e. The molecule has 0 heterocycles. The number of hydrogen-bond donors (Lipinski definition) is 2. The van der Waals surface area contributed by atoms with Crippen LogP contribution in [-0.2, 0) is 4.79 Å². The molecule has 1 rings (SSSR count). The second kappa shape index (κ2) is 9.28. The molecule has 21 heavy (non-hydrogen) atoms. The van der Waals surface area contributed by atoms with Crippen LogP contribution in [0.4, 0.5) is 5.69 Å². The monoisotopic (exact) mass is 311 g/mol. The third kappa shape index (κ3) is 6.08. The molecule has 0 aliphatic rings. The van der Waals surface area contributed by atoms with Crippen molar-refractivity contribution in [2.45, 2.75) is 26.2 Å². The van der Waals surface area contributed by atoms with Crippen LogP contribution in [0.1, 0.15) is 36.5 Å². The van der Waals surface area contributed by atoms with Gasteiger partial charge in [0, 0.05) is 12.2 Å². The van der Waals surface area contributed by atoms with Gasteiger partial charge in [0.1, 0.15) is 5.75 Å². The van der Waals surface area contributed by atoms with Crippen molar-refractivity contribution in [1.29, 1.82) is 0 Å².